The SMILES string of the molecule is COc1cccc(C(NC(=O)C2CCN(Cc3cccc(Cl)c3)CC2)c2ccccn2)c1. The average Bonchev–Trinajstić information content (AvgIpc) is 2.83. The fourth-order valence-electron chi connectivity index (χ4n) is 4.20. The highest BCUT2D eigenvalue weighted by Gasteiger charge is 2.28. The van der Waals surface area contributed by atoms with E-state index in [-0.39, 0.29) is 17.9 Å². The van der Waals surface area contributed by atoms with Gasteiger partial charge in [0.2, 0.25) is 5.91 Å². The number of hydrogen-bond acceptors (Lipinski definition) is 4. The largest absolute Gasteiger partial charge is 0.497 e. The number of piperidine rings is 1. The lowest BCUT2D eigenvalue weighted by molar-refractivity contribution is -0.127. The second-order valence-corrected chi connectivity index (χ2v) is 8.59. The number of carbonyl (C=O) groups excluding carboxylic acids is 1. The molecule has 1 saturated heterocycles. The number of benzene rings is 2. The van der Waals surface area contributed by atoms with Gasteiger partial charge in [-0.2, -0.15) is 0 Å². The number of amides is 1. The van der Waals surface area contributed by atoms with E-state index in [1.165, 1.54) is 5.56 Å². The van der Waals surface area contributed by atoms with E-state index >= 15 is 0 Å². The van der Waals surface area contributed by atoms with Crippen LogP contribution in [-0.2, 0) is 11.3 Å². The van der Waals surface area contributed by atoms with Gasteiger partial charge in [0, 0.05) is 23.7 Å². The first-order chi connectivity index (χ1) is 15.6. The molecule has 1 aliphatic rings. The number of hydrogen-bond donors (Lipinski definition) is 1. The lowest BCUT2D eigenvalue weighted by atomic mass is 9.94. The van der Waals surface area contributed by atoms with Gasteiger partial charge in [-0.3, -0.25) is 14.7 Å². The van der Waals surface area contributed by atoms with Crippen LogP contribution >= 0.6 is 11.6 Å². The van der Waals surface area contributed by atoms with Crippen LogP contribution in [0.25, 0.3) is 0 Å². The summed E-state index contributed by atoms with van der Waals surface area (Å²) in [6, 6.07) is 21.2. The van der Waals surface area contributed by atoms with Crippen LogP contribution in [0.5, 0.6) is 5.75 Å². The first-order valence-electron chi connectivity index (χ1n) is 10.9. The van der Waals surface area contributed by atoms with Crippen LogP contribution in [-0.4, -0.2) is 36.0 Å². The molecule has 1 fully saturated rings. The highest BCUT2D eigenvalue weighted by atomic mass is 35.5. The molecular formula is C26H28ClN3O2. The van der Waals surface area contributed by atoms with E-state index in [4.69, 9.17) is 16.3 Å². The van der Waals surface area contributed by atoms with Crippen molar-refractivity contribution in [3.63, 3.8) is 0 Å². The van der Waals surface area contributed by atoms with Crippen LogP contribution < -0.4 is 10.1 Å². The Kier molecular flexibility index (Phi) is 7.40. The molecule has 1 unspecified atom stereocenters. The molecule has 32 heavy (non-hydrogen) atoms. The van der Waals surface area contributed by atoms with Crippen LogP contribution in [0, 0.1) is 5.92 Å². The highest BCUT2D eigenvalue weighted by Crippen LogP contribution is 2.26. The molecule has 0 bridgehead atoms. The van der Waals surface area contributed by atoms with Gasteiger partial charge in [0.05, 0.1) is 18.8 Å². The minimum absolute atomic E-state index is 0.0116. The van der Waals surface area contributed by atoms with Crippen LogP contribution in [0.15, 0.2) is 72.9 Å². The van der Waals surface area contributed by atoms with Gasteiger partial charge in [0.15, 0.2) is 0 Å². The van der Waals surface area contributed by atoms with Gasteiger partial charge >= 0.3 is 0 Å². The summed E-state index contributed by atoms with van der Waals surface area (Å²) in [4.78, 5) is 20.1. The molecule has 0 aliphatic carbocycles. The fourth-order valence-corrected chi connectivity index (χ4v) is 4.42. The third kappa shape index (κ3) is 5.67. The van der Waals surface area contributed by atoms with E-state index in [1.807, 2.05) is 60.7 Å². The third-order valence-electron chi connectivity index (χ3n) is 5.95. The number of rotatable bonds is 7. The fraction of sp³-hybridized carbons (Fsp3) is 0.308. The van der Waals surface area contributed by atoms with Gasteiger partial charge in [0.25, 0.3) is 0 Å². The maximum Gasteiger partial charge on any atom is 0.224 e. The maximum atomic E-state index is 13.2. The van der Waals surface area contributed by atoms with Crippen molar-refractivity contribution in [2.45, 2.75) is 25.4 Å². The number of nitrogens with one attached hydrogen (secondary N) is 1. The predicted octanol–water partition coefficient (Wildman–Crippen LogP) is 4.86. The summed E-state index contributed by atoms with van der Waals surface area (Å²) >= 11 is 6.11. The Bertz CT molecular complexity index is 1040. The third-order valence-corrected chi connectivity index (χ3v) is 6.19. The molecule has 2 heterocycles. The number of ether oxygens (including phenoxy) is 1. The Labute approximate surface area is 194 Å². The predicted molar refractivity (Wildman–Crippen MR) is 127 cm³/mol. The van der Waals surface area contributed by atoms with E-state index in [9.17, 15) is 4.79 Å². The number of halogens is 1. The normalized spacial score (nSPS) is 15.8. The van der Waals surface area contributed by atoms with E-state index < -0.39 is 0 Å². The van der Waals surface area contributed by atoms with E-state index in [0.29, 0.717) is 0 Å². The lowest BCUT2D eigenvalue weighted by Crippen LogP contribution is -2.41. The van der Waals surface area contributed by atoms with Gasteiger partial charge in [-0.1, -0.05) is 41.9 Å². The molecule has 1 N–H and O–H groups in total. The van der Waals surface area contributed by atoms with E-state index in [2.05, 4.69) is 21.3 Å². The van der Waals surface area contributed by atoms with Crippen LogP contribution in [0.4, 0.5) is 0 Å². The summed E-state index contributed by atoms with van der Waals surface area (Å²) < 4.78 is 5.38. The Hall–Kier alpha value is -2.89. The molecule has 0 saturated carbocycles. The summed E-state index contributed by atoms with van der Waals surface area (Å²) in [6.45, 7) is 2.63. The minimum atomic E-state index is -0.316. The first-order valence-corrected chi connectivity index (χ1v) is 11.3. The molecule has 1 atom stereocenters. The zero-order chi connectivity index (χ0) is 22.3. The first kappa shape index (κ1) is 22.3. The second-order valence-electron chi connectivity index (χ2n) is 8.15. The van der Waals surface area contributed by atoms with Crippen LogP contribution in [0.2, 0.25) is 5.02 Å². The number of nitrogens with zero attached hydrogens (tertiary/aromatic N) is 2. The summed E-state index contributed by atoms with van der Waals surface area (Å²) in [5, 5.41) is 4.01. The lowest BCUT2D eigenvalue weighted by Gasteiger charge is -2.32. The maximum absolute atomic E-state index is 13.2. The summed E-state index contributed by atoms with van der Waals surface area (Å²) in [5.74, 6) is 0.820. The quantitative estimate of drug-likeness (QED) is 0.559. The molecule has 3 aromatic rings. The van der Waals surface area contributed by atoms with Gasteiger partial charge in [-0.05, 0) is 73.5 Å². The summed E-state index contributed by atoms with van der Waals surface area (Å²) in [5.41, 5.74) is 2.97. The molecule has 0 radical (unpaired) electrons. The average molecular weight is 450 g/mol. The molecule has 4 rings (SSSR count). The Morgan fingerprint density at radius 1 is 1.12 bits per heavy atom. The van der Waals surface area contributed by atoms with Crippen molar-refractivity contribution in [3.05, 3.63) is 94.8 Å². The van der Waals surface area contributed by atoms with E-state index in [0.717, 1.165) is 54.5 Å². The summed E-state index contributed by atoms with van der Waals surface area (Å²) in [6.07, 6.45) is 3.42. The van der Waals surface area contributed by atoms with Crippen molar-refractivity contribution >= 4 is 17.5 Å². The molecule has 1 aromatic heterocycles. The number of carbonyl (C=O) groups is 1. The van der Waals surface area contributed by atoms with Crippen molar-refractivity contribution in [2.24, 2.45) is 5.92 Å². The number of likely N-dealkylation sites (tertiary alicyclic amines) is 1. The van der Waals surface area contributed by atoms with Crippen molar-refractivity contribution in [1.29, 1.82) is 0 Å². The highest BCUT2D eigenvalue weighted by molar-refractivity contribution is 6.30. The van der Waals surface area contributed by atoms with E-state index in [1.54, 1.807) is 13.3 Å². The second kappa shape index (κ2) is 10.6. The molecule has 2 aromatic carbocycles. The van der Waals surface area contributed by atoms with Crippen molar-refractivity contribution in [1.82, 2.24) is 15.2 Å². The Morgan fingerprint density at radius 2 is 1.94 bits per heavy atom. The standard InChI is InChI=1S/C26H28ClN3O2/c1-32-23-9-5-7-21(17-23)25(24-10-2-3-13-28-24)29-26(31)20-11-14-30(15-12-20)18-19-6-4-8-22(27)16-19/h2-10,13,16-17,20,25H,11-12,14-15,18H2,1H3,(H,29,31). The number of methoxy groups -OCH3 is 1. The van der Waals surface area contributed by atoms with Crippen molar-refractivity contribution in [3.8, 4) is 5.75 Å². The monoisotopic (exact) mass is 449 g/mol. The molecule has 166 valence electrons. The minimum Gasteiger partial charge on any atom is -0.497 e. The molecule has 6 heteroatoms. The summed E-state index contributed by atoms with van der Waals surface area (Å²) in [7, 11) is 1.64. The van der Waals surface area contributed by atoms with Crippen LogP contribution in [0.3, 0.4) is 0 Å². The Morgan fingerprint density at radius 3 is 2.66 bits per heavy atom. The molecule has 0 spiro atoms. The molecule has 1 amide bonds. The number of aromatic nitrogens is 1. The smallest absolute Gasteiger partial charge is 0.224 e. The zero-order valence-corrected chi connectivity index (χ0v) is 19.0. The van der Waals surface area contributed by atoms with Gasteiger partial charge < -0.3 is 10.1 Å². The molecule has 5 nitrogen and oxygen atoms in total. The topological polar surface area (TPSA) is 54.5 Å². The van der Waals surface area contributed by atoms with Crippen LogP contribution in [0.1, 0.15) is 35.7 Å². The number of pyridine rings is 1. The Balaban J connectivity index is 1.41. The molecular weight excluding hydrogens is 422 g/mol. The van der Waals surface area contributed by atoms with Gasteiger partial charge in [-0.25, -0.2) is 0 Å². The molecule has 1 aliphatic heterocycles. The van der Waals surface area contributed by atoms with Gasteiger partial charge in [0.1, 0.15) is 5.75 Å². The zero-order valence-electron chi connectivity index (χ0n) is 18.2. The van der Waals surface area contributed by atoms with Crippen molar-refractivity contribution in [2.75, 3.05) is 20.2 Å². The van der Waals surface area contributed by atoms with Crippen molar-refractivity contribution < 1.29 is 9.53 Å². The van der Waals surface area contributed by atoms with Gasteiger partial charge in [-0.15, -0.1) is 0 Å².